The topological polar surface area (TPSA) is 147 Å². The molecule has 3 fully saturated rings. The highest BCUT2D eigenvalue weighted by molar-refractivity contribution is 6.11. The number of Topliss-reactive ketones (excluding diaryl/α,β-unsaturated/α-hetero) is 1. The molecular weight excluding hydrogens is 460 g/mol. The van der Waals surface area contributed by atoms with Crippen LogP contribution in [-0.4, -0.2) is 76.4 Å². The lowest BCUT2D eigenvalue weighted by Gasteiger charge is -2.48. The number of carbonyl (C=O) groups excluding carboxylic acids is 1. The highest BCUT2D eigenvalue weighted by Crippen LogP contribution is 2.71. The zero-order chi connectivity index (χ0) is 24.5. The third-order valence-corrected chi connectivity index (χ3v) is 8.49. The maximum atomic E-state index is 12.8. The number of ether oxygens (including phenoxy) is 5. The predicted octanol–water partition coefficient (Wildman–Crippen LogP) is 0.999. The van der Waals surface area contributed by atoms with Gasteiger partial charge in [0.15, 0.2) is 11.9 Å². The van der Waals surface area contributed by atoms with Crippen LogP contribution in [0.15, 0.2) is 6.07 Å². The number of benzene rings is 2. The molecule has 2 aromatic rings. The van der Waals surface area contributed by atoms with Gasteiger partial charge in [-0.15, -0.1) is 0 Å². The Morgan fingerprint density at radius 1 is 1.23 bits per heavy atom. The average molecular weight is 486 g/mol. The van der Waals surface area contributed by atoms with E-state index in [4.69, 9.17) is 23.7 Å². The molecule has 1 aliphatic carbocycles. The van der Waals surface area contributed by atoms with Crippen LogP contribution in [0.25, 0.3) is 10.8 Å². The van der Waals surface area contributed by atoms with Crippen molar-refractivity contribution in [1.82, 2.24) is 0 Å². The summed E-state index contributed by atoms with van der Waals surface area (Å²) in [6.07, 6.45) is -0.224. The highest BCUT2D eigenvalue weighted by atomic mass is 16.8. The van der Waals surface area contributed by atoms with Crippen molar-refractivity contribution in [2.75, 3.05) is 26.9 Å². The van der Waals surface area contributed by atoms with Gasteiger partial charge in [-0.25, -0.2) is 0 Å². The number of aryl methyl sites for hydroxylation is 1. The smallest absolute Gasteiger partial charge is 0.274 e. The van der Waals surface area contributed by atoms with E-state index in [1.54, 1.807) is 0 Å². The summed E-state index contributed by atoms with van der Waals surface area (Å²) in [5.74, 6) is -4.21. The molecule has 2 aromatic carbocycles. The quantitative estimate of drug-likeness (QED) is 0.462. The van der Waals surface area contributed by atoms with E-state index in [9.17, 15) is 25.2 Å². The van der Waals surface area contributed by atoms with Gasteiger partial charge in [-0.3, -0.25) is 4.79 Å². The third-order valence-electron chi connectivity index (χ3n) is 8.49. The van der Waals surface area contributed by atoms with Crippen molar-refractivity contribution in [3.8, 4) is 17.2 Å². The molecule has 0 saturated carbocycles. The first kappa shape index (κ1) is 21.8. The van der Waals surface area contributed by atoms with Gasteiger partial charge in [0.2, 0.25) is 11.4 Å². The standard InChI is InChI=1S/C25H26O10/c1-10-6-13-17(18(29)16-12(19(13)31-2)4-3-5-14(16)28)20-15(10)21-22-24(30,33-20)23(9-32-23)25(34-21,35-22)11(7-26)8-27/h6,11,21-22,26-27,29-30H,3-5,7-9H2,1-2H3/t21-,22+,23+,24-,25-/m0/s1. The number of ketones is 1. The molecule has 10 nitrogen and oxygen atoms in total. The molecule has 186 valence electrons. The fourth-order valence-corrected chi connectivity index (χ4v) is 6.83. The first-order valence-electron chi connectivity index (χ1n) is 11.8. The number of aromatic hydroxyl groups is 1. The lowest BCUT2D eigenvalue weighted by Crippen LogP contribution is -2.68. The van der Waals surface area contributed by atoms with Gasteiger partial charge in [0.1, 0.15) is 23.4 Å². The van der Waals surface area contributed by atoms with Crippen LogP contribution in [-0.2, 0) is 20.6 Å². The van der Waals surface area contributed by atoms with Gasteiger partial charge >= 0.3 is 0 Å². The van der Waals surface area contributed by atoms with Crippen molar-refractivity contribution >= 4 is 16.6 Å². The van der Waals surface area contributed by atoms with Crippen molar-refractivity contribution in [3.05, 3.63) is 28.3 Å². The van der Waals surface area contributed by atoms with E-state index in [1.165, 1.54) is 7.11 Å². The summed E-state index contributed by atoms with van der Waals surface area (Å²) in [6.45, 7) is 0.986. The maximum absolute atomic E-state index is 12.8. The van der Waals surface area contributed by atoms with Crippen molar-refractivity contribution in [2.24, 2.45) is 5.92 Å². The minimum atomic E-state index is -2.01. The molecule has 0 aromatic heterocycles. The van der Waals surface area contributed by atoms with Crippen LogP contribution < -0.4 is 9.47 Å². The number of phenolic OH excluding ortho intramolecular Hbond substituents is 1. The molecule has 0 radical (unpaired) electrons. The number of aliphatic hydroxyl groups is 3. The van der Waals surface area contributed by atoms with E-state index in [-0.39, 0.29) is 34.8 Å². The first-order valence-corrected chi connectivity index (χ1v) is 11.8. The molecule has 2 bridgehead atoms. The number of hydrogen-bond acceptors (Lipinski definition) is 10. The summed E-state index contributed by atoms with van der Waals surface area (Å²) in [4.78, 5) is 12.8. The van der Waals surface area contributed by atoms with Gasteiger partial charge < -0.3 is 44.1 Å². The predicted molar refractivity (Wildman–Crippen MR) is 118 cm³/mol. The lowest BCUT2D eigenvalue weighted by atomic mass is 9.76. The Kier molecular flexibility index (Phi) is 4.13. The van der Waals surface area contributed by atoms with Crippen LogP contribution in [0, 0.1) is 12.8 Å². The van der Waals surface area contributed by atoms with E-state index >= 15 is 0 Å². The highest BCUT2D eigenvalue weighted by Gasteiger charge is 2.91. The normalized spacial score (nSPS) is 36.0. The number of fused-ring (bicyclic) bond motifs is 8. The molecule has 0 amide bonds. The Bertz CT molecular complexity index is 1310. The fraction of sp³-hybridized carbons (Fsp3) is 0.560. The zero-order valence-corrected chi connectivity index (χ0v) is 19.3. The Morgan fingerprint density at radius 2 is 1.97 bits per heavy atom. The molecule has 4 heterocycles. The average Bonchev–Trinajstić information content (AvgIpc) is 3.51. The minimum Gasteiger partial charge on any atom is -0.506 e. The van der Waals surface area contributed by atoms with Crippen molar-refractivity contribution in [1.29, 1.82) is 0 Å². The Labute approximate surface area is 199 Å². The van der Waals surface area contributed by atoms with E-state index in [0.29, 0.717) is 41.5 Å². The number of carbonyl (C=O) groups is 1. The van der Waals surface area contributed by atoms with Crippen molar-refractivity contribution in [3.63, 3.8) is 0 Å². The van der Waals surface area contributed by atoms with E-state index < -0.39 is 48.5 Å². The van der Waals surface area contributed by atoms with E-state index in [0.717, 1.165) is 5.56 Å². The largest absolute Gasteiger partial charge is 0.506 e. The maximum Gasteiger partial charge on any atom is 0.274 e. The second-order valence-electron chi connectivity index (χ2n) is 10.1. The SMILES string of the molecule is COc1c2c(c(O)c3c4c(c(C)cc13)[C@@H]1O[C@@]3(C(CO)CO)O[C@H]1[C@](O)(O4)[C@]31CO1)C(=O)CCC2. The molecule has 4 N–H and O–H groups in total. The second kappa shape index (κ2) is 6.64. The molecule has 5 aliphatic rings. The number of hydrogen-bond donors (Lipinski definition) is 4. The number of aliphatic hydroxyl groups excluding tert-OH is 2. The molecule has 35 heavy (non-hydrogen) atoms. The minimum absolute atomic E-state index is 0.0332. The molecule has 0 unspecified atom stereocenters. The van der Waals surface area contributed by atoms with Gasteiger partial charge in [-0.1, -0.05) is 0 Å². The van der Waals surface area contributed by atoms with Crippen LogP contribution >= 0.6 is 0 Å². The Balaban J connectivity index is 1.53. The van der Waals surface area contributed by atoms with Gasteiger partial charge in [0.05, 0.1) is 43.8 Å². The summed E-state index contributed by atoms with van der Waals surface area (Å²) in [7, 11) is 1.52. The van der Waals surface area contributed by atoms with E-state index in [2.05, 4.69) is 0 Å². The fourth-order valence-electron chi connectivity index (χ4n) is 6.83. The van der Waals surface area contributed by atoms with Crippen molar-refractivity contribution in [2.45, 2.75) is 55.6 Å². The summed E-state index contributed by atoms with van der Waals surface area (Å²) >= 11 is 0. The summed E-state index contributed by atoms with van der Waals surface area (Å²) in [5, 5.41) is 44.1. The summed E-state index contributed by atoms with van der Waals surface area (Å²) in [5.41, 5.74) is 0.725. The molecular formula is C25H26O10. The van der Waals surface area contributed by atoms with Crippen LogP contribution in [0.2, 0.25) is 0 Å². The van der Waals surface area contributed by atoms with Crippen molar-refractivity contribution < 1.29 is 48.9 Å². The zero-order valence-electron chi connectivity index (χ0n) is 19.3. The number of epoxide rings is 1. The van der Waals surface area contributed by atoms with Crippen LogP contribution in [0.5, 0.6) is 17.2 Å². The monoisotopic (exact) mass is 486 g/mol. The first-order chi connectivity index (χ1) is 16.8. The molecule has 4 aliphatic heterocycles. The lowest BCUT2D eigenvalue weighted by molar-refractivity contribution is -0.297. The third kappa shape index (κ3) is 2.21. The van der Waals surface area contributed by atoms with Crippen LogP contribution in [0.4, 0.5) is 0 Å². The molecule has 3 saturated heterocycles. The Hall–Kier alpha value is -2.47. The molecule has 5 atom stereocenters. The van der Waals surface area contributed by atoms with Gasteiger partial charge in [0, 0.05) is 22.9 Å². The van der Waals surface area contributed by atoms with E-state index in [1.807, 2.05) is 13.0 Å². The number of phenols is 1. The van der Waals surface area contributed by atoms with Gasteiger partial charge in [-0.2, -0.15) is 0 Å². The second-order valence-corrected chi connectivity index (χ2v) is 10.1. The Morgan fingerprint density at radius 3 is 2.63 bits per heavy atom. The summed E-state index contributed by atoms with van der Waals surface area (Å²) in [6, 6.07) is 1.85. The molecule has 10 heteroatoms. The molecule has 1 spiro atoms. The van der Waals surface area contributed by atoms with Gasteiger partial charge in [-0.05, 0) is 31.4 Å². The summed E-state index contributed by atoms with van der Waals surface area (Å²) < 4.78 is 30.4. The van der Waals surface area contributed by atoms with Crippen LogP contribution in [0.3, 0.4) is 0 Å². The number of rotatable bonds is 4. The molecule has 7 rings (SSSR count). The van der Waals surface area contributed by atoms with Gasteiger partial charge in [0.25, 0.3) is 5.79 Å². The van der Waals surface area contributed by atoms with Crippen LogP contribution in [0.1, 0.15) is 46.0 Å². The number of methoxy groups -OCH3 is 1.